The maximum Gasteiger partial charge on any atom is 0.255 e. The van der Waals surface area contributed by atoms with Gasteiger partial charge in [0.1, 0.15) is 11.8 Å². The Morgan fingerprint density at radius 2 is 1.71 bits per heavy atom. The summed E-state index contributed by atoms with van der Waals surface area (Å²) >= 11 is 0. The zero-order chi connectivity index (χ0) is 23.5. The number of para-hydroxylation sites is 1. The molecule has 0 spiro atoms. The van der Waals surface area contributed by atoms with Gasteiger partial charge >= 0.3 is 0 Å². The molecule has 6 heteroatoms. The normalized spacial score (nSPS) is 15.3. The van der Waals surface area contributed by atoms with Crippen molar-refractivity contribution in [2.24, 2.45) is 0 Å². The molecule has 2 amide bonds. The summed E-state index contributed by atoms with van der Waals surface area (Å²) in [6, 6.07) is 25.9. The molecule has 1 atom stereocenters. The standard InChI is InChI=1S/C28H25N3O3/c1-34-21-15-13-20(14-16-21)29-27(32)26-12-7-17-31(26)28(33)23-18-25(19-8-3-2-4-9-19)30-24-11-6-5-10-22(23)24/h2-6,8-11,13-16,18,26H,7,12,17H2,1H3,(H,29,32). The van der Waals surface area contributed by atoms with Crippen LogP contribution in [0, 0.1) is 0 Å². The predicted molar refractivity (Wildman–Crippen MR) is 133 cm³/mol. The molecule has 6 nitrogen and oxygen atoms in total. The molecule has 34 heavy (non-hydrogen) atoms. The summed E-state index contributed by atoms with van der Waals surface area (Å²) in [5, 5.41) is 3.73. The Bertz CT molecular complexity index is 1340. The Morgan fingerprint density at radius 3 is 2.47 bits per heavy atom. The topological polar surface area (TPSA) is 71.5 Å². The SMILES string of the molecule is COc1ccc(NC(=O)C2CCCN2C(=O)c2cc(-c3ccccc3)nc3ccccc23)cc1. The number of likely N-dealkylation sites (tertiary alicyclic amines) is 1. The molecule has 1 N–H and O–H groups in total. The van der Waals surface area contributed by atoms with E-state index in [1.807, 2.05) is 60.7 Å². The van der Waals surface area contributed by atoms with Gasteiger partial charge < -0.3 is 15.0 Å². The van der Waals surface area contributed by atoms with Gasteiger partial charge in [-0.2, -0.15) is 0 Å². The Balaban J connectivity index is 1.46. The summed E-state index contributed by atoms with van der Waals surface area (Å²) in [7, 11) is 1.60. The van der Waals surface area contributed by atoms with Crippen LogP contribution in [0.4, 0.5) is 5.69 Å². The van der Waals surface area contributed by atoms with Crippen molar-refractivity contribution >= 4 is 28.4 Å². The highest BCUT2D eigenvalue weighted by Gasteiger charge is 2.35. The third-order valence-electron chi connectivity index (χ3n) is 6.19. The first-order chi connectivity index (χ1) is 16.6. The second-order valence-electron chi connectivity index (χ2n) is 8.31. The first-order valence-electron chi connectivity index (χ1n) is 11.3. The Hall–Kier alpha value is -4.19. The average molecular weight is 452 g/mol. The number of carbonyl (C=O) groups excluding carboxylic acids is 2. The van der Waals surface area contributed by atoms with Crippen LogP contribution in [0.2, 0.25) is 0 Å². The van der Waals surface area contributed by atoms with Gasteiger partial charge in [-0.05, 0) is 49.2 Å². The fourth-order valence-corrected chi connectivity index (χ4v) is 4.45. The largest absolute Gasteiger partial charge is 0.497 e. The van der Waals surface area contributed by atoms with Crippen molar-refractivity contribution in [1.29, 1.82) is 0 Å². The van der Waals surface area contributed by atoms with Gasteiger partial charge in [0.25, 0.3) is 5.91 Å². The molecule has 1 aliphatic heterocycles. The first-order valence-corrected chi connectivity index (χ1v) is 11.3. The van der Waals surface area contributed by atoms with E-state index in [4.69, 9.17) is 9.72 Å². The van der Waals surface area contributed by atoms with Crippen molar-refractivity contribution < 1.29 is 14.3 Å². The van der Waals surface area contributed by atoms with Gasteiger partial charge in [-0.1, -0.05) is 48.5 Å². The molecule has 1 fully saturated rings. The van der Waals surface area contributed by atoms with Crippen molar-refractivity contribution in [3.63, 3.8) is 0 Å². The zero-order valence-electron chi connectivity index (χ0n) is 18.9. The van der Waals surface area contributed by atoms with Gasteiger partial charge in [0, 0.05) is 23.2 Å². The first kappa shape index (κ1) is 21.6. The summed E-state index contributed by atoms with van der Waals surface area (Å²) in [4.78, 5) is 33.4. The smallest absolute Gasteiger partial charge is 0.255 e. The van der Waals surface area contributed by atoms with Crippen LogP contribution in [0.25, 0.3) is 22.2 Å². The Kier molecular flexibility index (Phi) is 5.95. The van der Waals surface area contributed by atoms with E-state index < -0.39 is 6.04 Å². The van der Waals surface area contributed by atoms with Crippen LogP contribution < -0.4 is 10.1 Å². The summed E-state index contributed by atoms with van der Waals surface area (Å²) < 4.78 is 5.18. The van der Waals surface area contributed by atoms with Crippen LogP contribution in [0.3, 0.4) is 0 Å². The van der Waals surface area contributed by atoms with E-state index >= 15 is 0 Å². The number of hydrogen-bond donors (Lipinski definition) is 1. The molecule has 170 valence electrons. The van der Waals surface area contributed by atoms with E-state index in [0.717, 1.165) is 34.3 Å². The lowest BCUT2D eigenvalue weighted by Crippen LogP contribution is -2.43. The minimum Gasteiger partial charge on any atom is -0.497 e. The second kappa shape index (κ2) is 9.35. The van der Waals surface area contributed by atoms with Gasteiger partial charge in [-0.3, -0.25) is 9.59 Å². The van der Waals surface area contributed by atoms with E-state index in [-0.39, 0.29) is 11.8 Å². The second-order valence-corrected chi connectivity index (χ2v) is 8.31. The third kappa shape index (κ3) is 4.22. The molecule has 0 saturated carbocycles. The highest BCUT2D eigenvalue weighted by atomic mass is 16.5. The zero-order valence-corrected chi connectivity index (χ0v) is 18.9. The van der Waals surface area contributed by atoms with Crippen molar-refractivity contribution in [3.05, 3.63) is 90.5 Å². The summed E-state index contributed by atoms with van der Waals surface area (Å²) in [5.74, 6) is 0.385. The number of amides is 2. The lowest BCUT2D eigenvalue weighted by atomic mass is 10.0. The van der Waals surface area contributed by atoms with Crippen LogP contribution in [0.5, 0.6) is 5.75 Å². The highest BCUT2D eigenvalue weighted by molar-refractivity contribution is 6.09. The molecule has 2 heterocycles. The molecule has 4 aromatic rings. The van der Waals surface area contributed by atoms with Gasteiger partial charge in [-0.25, -0.2) is 4.98 Å². The van der Waals surface area contributed by atoms with Crippen LogP contribution in [-0.2, 0) is 4.79 Å². The van der Waals surface area contributed by atoms with Gasteiger partial charge in [0.05, 0.1) is 23.9 Å². The van der Waals surface area contributed by atoms with Gasteiger partial charge in [0.15, 0.2) is 0 Å². The number of anilines is 1. The number of nitrogens with one attached hydrogen (secondary N) is 1. The lowest BCUT2D eigenvalue weighted by molar-refractivity contribution is -0.119. The number of fused-ring (bicyclic) bond motifs is 1. The molecule has 0 radical (unpaired) electrons. The number of aromatic nitrogens is 1. The van der Waals surface area contributed by atoms with Crippen molar-refractivity contribution in [2.75, 3.05) is 19.0 Å². The summed E-state index contributed by atoms with van der Waals surface area (Å²) in [6.45, 7) is 0.539. The molecule has 1 aromatic heterocycles. The van der Waals surface area contributed by atoms with E-state index in [9.17, 15) is 9.59 Å². The maximum absolute atomic E-state index is 13.8. The number of nitrogens with zero attached hydrogens (tertiary/aromatic N) is 2. The summed E-state index contributed by atoms with van der Waals surface area (Å²) in [6.07, 6.45) is 1.41. The van der Waals surface area contributed by atoms with Crippen molar-refractivity contribution in [2.45, 2.75) is 18.9 Å². The maximum atomic E-state index is 13.8. The van der Waals surface area contributed by atoms with E-state index in [0.29, 0.717) is 24.2 Å². The number of hydrogen-bond acceptors (Lipinski definition) is 4. The molecular formula is C28H25N3O3. The third-order valence-corrected chi connectivity index (χ3v) is 6.19. The average Bonchev–Trinajstić information content (AvgIpc) is 3.39. The molecule has 3 aromatic carbocycles. The summed E-state index contributed by atoms with van der Waals surface area (Å²) in [5.41, 5.74) is 3.67. The van der Waals surface area contributed by atoms with Crippen LogP contribution >= 0.6 is 0 Å². The number of benzene rings is 3. The monoisotopic (exact) mass is 451 g/mol. The Morgan fingerprint density at radius 1 is 0.971 bits per heavy atom. The number of pyridine rings is 1. The minimum absolute atomic E-state index is 0.150. The number of ether oxygens (including phenoxy) is 1. The van der Waals surface area contributed by atoms with Crippen LogP contribution in [0.15, 0.2) is 84.9 Å². The molecule has 0 bridgehead atoms. The molecule has 5 rings (SSSR count). The fraction of sp³-hybridized carbons (Fsp3) is 0.179. The molecule has 1 saturated heterocycles. The van der Waals surface area contributed by atoms with Crippen molar-refractivity contribution in [3.8, 4) is 17.0 Å². The number of rotatable bonds is 5. The molecule has 1 unspecified atom stereocenters. The predicted octanol–water partition coefficient (Wildman–Crippen LogP) is 5.15. The van der Waals surface area contributed by atoms with E-state index in [2.05, 4.69) is 5.32 Å². The highest BCUT2D eigenvalue weighted by Crippen LogP contribution is 2.29. The number of carbonyl (C=O) groups is 2. The molecular weight excluding hydrogens is 426 g/mol. The number of methoxy groups -OCH3 is 1. The van der Waals surface area contributed by atoms with E-state index in [1.165, 1.54) is 0 Å². The van der Waals surface area contributed by atoms with Crippen molar-refractivity contribution in [1.82, 2.24) is 9.88 Å². The quantitative estimate of drug-likeness (QED) is 0.455. The minimum atomic E-state index is -0.526. The van der Waals surface area contributed by atoms with Crippen LogP contribution in [-0.4, -0.2) is 41.4 Å². The fourth-order valence-electron chi connectivity index (χ4n) is 4.45. The lowest BCUT2D eigenvalue weighted by Gasteiger charge is -2.25. The van der Waals surface area contributed by atoms with Gasteiger partial charge in [0.2, 0.25) is 5.91 Å². The molecule has 0 aliphatic carbocycles. The molecule has 1 aliphatic rings. The Labute approximate surface area is 198 Å². The van der Waals surface area contributed by atoms with Crippen LogP contribution in [0.1, 0.15) is 23.2 Å². The van der Waals surface area contributed by atoms with E-state index in [1.54, 1.807) is 36.3 Å². The van der Waals surface area contributed by atoms with Gasteiger partial charge in [-0.15, -0.1) is 0 Å².